The van der Waals surface area contributed by atoms with Crippen LogP contribution in [0.3, 0.4) is 0 Å². The molecule has 148 valence electrons. The van der Waals surface area contributed by atoms with Crippen molar-refractivity contribution in [3.8, 4) is 0 Å². The number of hydrogen-bond acceptors (Lipinski definition) is 3. The number of benzene rings is 2. The first-order valence-electron chi connectivity index (χ1n) is 9.12. The van der Waals surface area contributed by atoms with E-state index in [0.717, 1.165) is 24.2 Å². The van der Waals surface area contributed by atoms with Crippen molar-refractivity contribution in [1.82, 2.24) is 14.7 Å². The van der Waals surface area contributed by atoms with Gasteiger partial charge in [-0.25, -0.2) is 8.78 Å². The summed E-state index contributed by atoms with van der Waals surface area (Å²) in [7, 11) is 3.93. The Morgan fingerprint density at radius 2 is 1.57 bits per heavy atom. The van der Waals surface area contributed by atoms with E-state index < -0.39 is 17.5 Å². The molecule has 7 heteroatoms. The Morgan fingerprint density at radius 3 is 2.18 bits per heavy atom. The molecule has 1 aliphatic rings. The molecule has 5 nitrogen and oxygen atoms in total. The van der Waals surface area contributed by atoms with Crippen LogP contribution in [0, 0.1) is 11.6 Å². The minimum atomic E-state index is -0.874. The lowest BCUT2D eigenvalue weighted by Gasteiger charge is -2.35. The summed E-state index contributed by atoms with van der Waals surface area (Å²) >= 11 is 0. The summed E-state index contributed by atoms with van der Waals surface area (Å²) < 4.78 is 26.9. The number of halogens is 2. The van der Waals surface area contributed by atoms with Gasteiger partial charge >= 0.3 is 0 Å². The Labute approximate surface area is 163 Å². The number of nitrogens with zero attached hydrogens (tertiary/aromatic N) is 3. The lowest BCUT2D eigenvalue weighted by atomic mass is 10.1. The summed E-state index contributed by atoms with van der Waals surface area (Å²) in [5.74, 6) is -2.17. The summed E-state index contributed by atoms with van der Waals surface area (Å²) in [5.41, 5.74) is 1.51. The van der Waals surface area contributed by atoms with E-state index >= 15 is 0 Å². The van der Waals surface area contributed by atoms with Gasteiger partial charge in [0.1, 0.15) is 11.6 Å². The first kappa shape index (κ1) is 19.9. The van der Waals surface area contributed by atoms with Crippen LogP contribution in [0.25, 0.3) is 0 Å². The third kappa shape index (κ3) is 4.54. The Balaban J connectivity index is 1.63. The topological polar surface area (TPSA) is 43.9 Å². The lowest BCUT2D eigenvalue weighted by molar-refractivity contribution is 0.0532. The van der Waals surface area contributed by atoms with Crippen LogP contribution in [0.15, 0.2) is 42.5 Å². The first-order chi connectivity index (χ1) is 13.3. The fourth-order valence-electron chi connectivity index (χ4n) is 3.30. The predicted molar refractivity (Wildman–Crippen MR) is 102 cm³/mol. The number of carbonyl (C=O) groups excluding carboxylic acids is 2. The Bertz CT molecular complexity index is 878. The first-order valence-corrected chi connectivity index (χ1v) is 9.12. The van der Waals surface area contributed by atoms with Crippen molar-refractivity contribution in [2.45, 2.75) is 6.54 Å². The molecule has 0 atom stereocenters. The zero-order valence-electron chi connectivity index (χ0n) is 16.0. The van der Waals surface area contributed by atoms with E-state index in [0.29, 0.717) is 37.8 Å². The molecule has 1 heterocycles. The predicted octanol–water partition coefficient (Wildman–Crippen LogP) is 2.62. The quantitative estimate of drug-likeness (QED) is 0.810. The van der Waals surface area contributed by atoms with E-state index in [4.69, 9.17) is 0 Å². The van der Waals surface area contributed by atoms with Gasteiger partial charge in [0.15, 0.2) is 0 Å². The normalized spacial score (nSPS) is 14.5. The van der Waals surface area contributed by atoms with Crippen molar-refractivity contribution in [2.24, 2.45) is 0 Å². The third-order valence-electron chi connectivity index (χ3n) is 4.69. The van der Waals surface area contributed by atoms with Gasteiger partial charge in [-0.3, -0.25) is 9.59 Å². The second-order valence-electron chi connectivity index (χ2n) is 7.15. The van der Waals surface area contributed by atoms with Crippen molar-refractivity contribution >= 4 is 11.8 Å². The van der Waals surface area contributed by atoms with Crippen LogP contribution in [0.2, 0.25) is 0 Å². The second kappa shape index (κ2) is 8.48. The molecule has 0 aromatic heterocycles. The Hall–Kier alpha value is -2.80. The van der Waals surface area contributed by atoms with Gasteiger partial charge in [-0.1, -0.05) is 12.1 Å². The molecule has 2 amide bonds. The highest BCUT2D eigenvalue weighted by Crippen LogP contribution is 2.16. The van der Waals surface area contributed by atoms with Gasteiger partial charge in [0.05, 0.1) is 5.56 Å². The summed E-state index contributed by atoms with van der Waals surface area (Å²) in [5, 5.41) is 0. The highest BCUT2D eigenvalue weighted by Gasteiger charge is 2.27. The molecule has 0 radical (unpaired) electrons. The maximum absolute atomic E-state index is 13.9. The molecule has 1 saturated heterocycles. The standard InChI is InChI=1S/C21H23F2N3O2/c1-24(2)14-15-4-3-5-16(12-15)20(27)25-8-10-26(11-9-25)21(28)18-7-6-17(22)13-19(18)23/h3-7,12-13H,8-11,14H2,1-2H3. The van der Waals surface area contributed by atoms with Crippen molar-refractivity contribution in [2.75, 3.05) is 40.3 Å². The maximum Gasteiger partial charge on any atom is 0.256 e. The van der Waals surface area contributed by atoms with Crippen LogP contribution in [0.4, 0.5) is 8.78 Å². The Morgan fingerprint density at radius 1 is 0.929 bits per heavy atom. The number of hydrogen-bond donors (Lipinski definition) is 0. The summed E-state index contributed by atoms with van der Waals surface area (Å²) in [6.45, 7) is 2.08. The molecule has 0 aliphatic carbocycles. The van der Waals surface area contributed by atoms with E-state index in [2.05, 4.69) is 0 Å². The van der Waals surface area contributed by atoms with Gasteiger partial charge in [0, 0.05) is 44.4 Å². The number of piperazine rings is 1. The van der Waals surface area contributed by atoms with Crippen LogP contribution >= 0.6 is 0 Å². The number of amides is 2. The summed E-state index contributed by atoms with van der Waals surface area (Å²) in [6, 6.07) is 10.4. The monoisotopic (exact) mass is 387 g/mol. The molecule has 0 bridgehead atoms. The van der Waals surface area contributed by atoms with Crippen LogP contribution in [0.1, 0.15) is 26.3 Å². The van der Waals surface area contributed by atoms with Crippen LogP contribution < -0.4 is 0 Å². The van der Waals surface area contributed by atoms with Crippen molar-refractivity contribution in [1.29, 1.82) is 0 Å². The molecule has 0 saturated carbocycles. The lowest BCUT2D eigenvalue weighted by Crippen LogP contribution is -2.50. The minimum absolute atomic E-state index is 0.0827. The highest BCUT2D eigenvalue weighted by atomic mass is 19.1. The molecule has 0 spiro atoms. The van der Waals surface area contributed by atoms with E-state index in [-0.39, 0.29) is 11.5 Å². The molecular formula is C21H23F2N3O2. The van der Waals surface area contributed by atoms with E-state index in [1.54, 1.807) is 11.0 Å². The van der Waals surface area contributed by atoms with Crippen LogP contribution in [-0.4, -0.2) is 66.8 Å². The molecule has 1 fully saturated rings. The van der Waals surface area contributed by atoms with Crippen molar-refractivity contribution in [3.63, 3.8) is 0 Å². The van der Waals surface area contributed by atoms with Gasteiger partial charge in [-0.15, -0.1) is 0 Å². The van der Waals surface area contributed by atoms with E-state index in [9.17, 15) is 18.4 Å². The van der Waals surface area contributed by atoms with E-state index in [1.165, 1.54) is 4.90 Å². The van der Waals surface area contributed by atoms with Gasteiger partial charge in [-0.2, -0.15) is 0 Å². The Kier molecular flexibility index (Phi) is 6.04. The smallest absolute Gasteiger partial charge is 0.256 e. The SMILES string of the molecule is CN(C)Cc1cccc(C(=O)N2CCN(C(=O)c3ccc(F)cc3F)CC2)c1. The third-order valence-corrected chi connectivity index (χ3v) is 4.69. The van der Waals surface area contributed by atoms with Crippen molar-refractivity contribution < 1.29 is 18.4 Å². The minimum Gasteiger partial charge on any atom is -0.335 e. The second-order valence-corrected chi connectivity index (χ2v) is 7.15. The molecule has 2 aromatic carbocycles. The van der Waals surface area contributed by atoms with Crippen LogP contribution in [-0.2, 0) is 6.54 Å². The number of carbonyl (C=O) groups is 2. The molecule has 1 aliphatic heterocycles. The number of rotatable bonds is 4. The molecular weight excluding hydrogens is 364 g/mol. The molecule has 2 aromatic rings. The fourth-order valence-corrected chi connectivity index (χ4v) is 3.30. The van der Waals surface area contributed by atoms with E-state index in [1.807, 2.05) is 37.2 Å². The largest absolute Gasteiger partial charge is 0.335 e. The zero-order chi connectivity index (χ0) is 20.3. The molecule has 0 N–H and O–H groups in total. The summed E-state index contributed by atoms with van der Waals surface area (Å²) in [4.78, 5) is 30.5. The van der Waals surface area contributed by atoms with Gasteiger partial charge in [-0.05, 0) is 43.9 Å². The molecule has 28 heavy (non-hydrogen) atoms. The average molecular weight is 387 g/mol. The summed E-state index contributed by atoms with van der Waals surface area (Å²) in [6.07, 6.45) is 0. The molecule has 0 unspecified atom stereocenters. The maximum atomic E-state index is 13.9. The highest BCUT2D eigenvalue weighted by molar-refractivity contribution is 5.96. The van der Waals surface area contributed by atoms with Crippen molar-refractivity contribution in [3.05, 3.63) is 70.8 Å². The van der Waals surface area contributed by atoms with Crippen LogP contribution in [0.5, 0.6) is 0 Å². The van der Waals surface area contributed by atoms with Gasteiger partial charge < -0.3 is 14.7 Å². The van der Waals surface area contributed by atoms with Gasteiger partial charge in [0.25, 0.3) is 11.8 Å². The van der Waals surface area contributed by atoms with Gasteiger partial charge in [0.2, 0.25) is 0 Å². The fraction of sp³-hybridized carbons (Fsp3) is 0.333. The molecule has 3 rings (SSSR count). The average Bonchev–Trinajstić information content (AvgIpc) is 2.67. The zero-order valence-corrected chi connectivity index (χ0v) is 16.0.